The SMILES string of the molecule is Cc1cc(F)ccc1Oc1ccc2c(c1)CCC[C@H]2CCc1cnccc1C(=O)O. The van der Waals surface area contributed by atoms with Gasteiger partial charge in [-0.2, -0.15) is 0 Å². The fourth-order valence-corrected chi connectivity index (χ4v) is 4.27. The lowest BCUT2D eigenvalue weighted by molar-refractivity contribution is 0.0695. The highest BCUT2D eigenvalue weighted by atomic mass is 19.1. The molecule has 1 aromatic heterocycles. The third-order valence-electron chi connectivity index (χ3n) is 5.81. The molecule has 0 saturated carbocycles. The van der Waals surface area contributed by atoms with Crippen LogP contribution in [0.15, 0.2) is 54.9 Å². The second-order valence-corrected chi connectivity index (χ2v) is 7.84. The van der Waals surface area contributed by atoms with Crippen molar-refractivity contribution in [3.63, 3.8) is 0 Å². The number of aromatic nitrogens is 1. The average molecular weight is 405 g/mol. The smallest absolute Gasteiger partial charge is 0.336 e. The van der Waals surface area contributed by atoms with Gasteiger partial charge in [0.1, 0.15) is 17.3 Å². The van der Waals surface area contributed by atoms with Gasteiger partial charge in [-0.25, -0.2) is 9.18 Å². The zero-order valence-electron chi connectivity index (χ0n) is 16.9. The van der Waals surface area contributed by atoms with Crippen molar-refractivity contribution in [2.75, 3.05) is 0 Å². The minimum atomic E-state index is -0.908. The summed E-state index contributed by atoms with van der Waals surface area (Å²) in [7, 11) is 0. The van der Waals surface area contributed by atoms with Crippen LogP contribution in [0.3, 0.4) is 0 Å². The fraction of sp³-hybridized carbons (Fsp3) is 0.280. The highest BCUT2D eigenvalue weighted by Crippen LogP contribution is 2.38. The van der Waals surface area contributed by atoms with Crippen molar-refractivity contribution in [1.29, 1.82) is 0 Å². The summed E-state index contributed by atoms with van der Waals surface area (Å²) in [6, 6.07) is 12.3. The molecule has 30 heavy (non-hydrogen) atoms. The third-order valence-corrected chi connectivity index (χ3v) is 5.81. The van der Waals surface area contributed by atoms with Gasteiger partial charge in [0.2, 0.25) is 0 Å². The molecule has 1 heterocycles. The largest absolute Gasteiger partial charge is 0.478 e. The van der Waals surface area contributed by atoms with Crippen LogP contribution in [0.2, 0.25) is 0 Å². The summed E-state index contributed by atoms with van der Waals surface area (Å²) in [5.41, 5.74) is 4.46. The lowest BCUT2D eigenvalue weighted by Crippen LogP contribution is -2.12. The van der Waals surface area contributed by atoms with Gasteiger partial charge in [0.15, 0.2) is 0 Å². The van der Waals surface area contributed by atoms with Crippen LogP contribution in [0.25, 0.3) is 0 Å². The highest BCUT2D eigenvalue weighted by molar-refractivity contribution is 5.89. The van der Waals surface area contributed by atoms with E-state index in [4.69, 9.17) is 4.74 Å². The van der Waals surface area contributed by atoms with E-state index in [2.05, 4.69) is 17.1 Å². The van der Waals surface area contributed by atoms with Gasteiger partial charge in [-0.1, -0.05) is 6.07 Å². The van der Waals surface area contributed by atoms with Gasteiger partial charge in [0.25, 0.3) is 0 Å². The summed E-state index contributed by atoms with van der Waals surface area (Å²) in [5.74, 6) is 0.616. The average Bonchev–Trinajstić information content (AvgIpc) is 2.74. The Labute approximate surface area is 175 Å². The van der Waals surface area contributed by atoms with E-state index in [0.29, 0.717) is 23.7 Å². The molecule has 0 spiro atoms. The number of ether oxygens (including phenoxy) is 1. The van der Waals surface area contributed by atoms with Crippen LogP contribution in [0.4, 0.5) is 4.39 Å². The molecule has 4 nitrogen and oxygen atoms in total. The zero-order valence-corrected chi connectivity index (χ0v) is 16.9. The number of carbonyl (C=O) groups is 1. The van der Waals surface area contributed by atoms with Crippen LogP contribution in [-0.2, 0) is 12.8 Å². The van der Waals surface area contributed by atoms with Gasteiger partial charge in [-0.05, 0) is 104 Å². The van der Waals surface area contributed by atoms with Gasteiger partial charge in [-0.15, -0.1) is 0 Å². The Hall–Kier alpha value is -3.21. The monoisotopic (exact) mass is 405 g/mol. The normalized spacial score (nSPS) is 15.5. The number of rotatable bonds is 6. The van der Waals surface area contributed by atoms with E-state index in [1.165, 1.54) is 29.5 Å². The second-order valence-electron chi connectivity index (χ2n) is 7.84. The van der Waals surface area contributed by atoms with E-state index in [9.17, 15) is 14.3 Å². The van der Waals surface area contributed by atoms with E-state index in [-0.39, 0.29) is 5.82 Å². The molecule has 1 aliphatic rings. The van der Waals surface area contributed by atoms with Crippen molar-refractivity contribution < 1.29 is 19.0 Å². The molecule has 154 valence electrons. The molecule has 0 saturated heterocycles. The first-order valence-electron chi connectivity index (χ1n) is 10.2. The molecule has 1 atom stereocenters. The highest BCUT2D eigenvalue weighted by Gasteiger charge is 2.22. The number of fused-ring (bicyclic) bond motifs is 1. The number of carboxylic acid groups (broad SMARTS) is 1. The molecule has 0 radical (unpaired) electrons. The summed E-state index contributed by atoms with van der Waals surface area (Å²) >= 11 is 0. The predicted molar refractivity (Wildman–Crippen MR) is 113 cm³/mol. The first-order chi connectivity index (χ1) is 14.5. The minimum Gasteiger partial charge on any atom is -0.478 e. The van der Waals surface area contributed by atoms with E-state index < -0.39 is 5.97 Å². The number of carboxylic acids is 1. The third kappa shape index (κ3) is 4.35. The summed E-state index contributed by atoms with van der Waals surface area (Å²) in [6.07, 6.45) is 7.94. The zero-order chi connectivity index (χ0) is 21.1. The Bertz CT molecular complexity index is 1080. The van der Waals surface area contributed by atoms with Crippen molar-refractivity contribution >= 4 is 5.97 Å². The number of hydrogen-bond acceptors (Lipinski definition) is 3. The number of hydrogen-bond donors (Lipinski definition) is 1. The minimum absolute atomic E-state index is 0.271. The van der Waals surface area contributed by atoms with Gasteiger partial charge in [0.05, 0.1) is 5.56 Å². The quantitative estimate of drug-likeness (QED) is 0.540. The van der Waals surface area contributed by atoms with Crippen LogP contribution in [0.1, 0.15) is 57.8 Å². The number of aromatic carboxylic acids is 1. The Balaban J connectivity index is 1.50. The first kappa shape index (κ1) is 20.1. The number of benzene rings is 2. The Morgan fingerprint density at radius 2 is 2.10 bits per heavy atom. The van der Waals surface area contributed by atoms with Crippen LogP contribution >= 0.6 is 0 Å². The molecule has 4 rings (SSSR count). The molecule has 2 aromatic carbocycles. The lowest BCUT2D eigenvalue weighted by Gasteiger charge is -2.26. The van der Waals surface area contributed by atoms with E-state index >= 15 is 0 Å². The van der Waals surface area contributed by atoms with Crippen LogP contribution in [-0.4, -0.2) is 16.1 Å². The molecule has 0 aliphatic heterocycles. The lowest BCUT2D eigenvalue weighted by atomic mass is 9.79. The standard InChI is InChI=1S/C25H24FNO3/c1-16-13-20(26)7-10-24(16)30-21-8-9-22-17(3-2-4-18(22)14-21)5-6-19-15-27-12-11-23(19)25(28)29/h7-15,17H,2-6H2,1H3,(H,28,29)/t17-/m0/s1. The number of pyridine rings is 1. The Kier molecular flexibility index (Phi) is 5.79. The fourth-order valence-electron chi connectivity index (χ4n) is 4.27. The van der Waals surface area contributed by atoms with Gasteiger partial charge < -0.3 is 9.84 Å². The van der Waals surface area contributed by atoms with Crippen molar-refractivity contribution in [3.8, 4) is 11.5 Å². The molecule has 1 N–H and O–H groups in total. The Morgan fingerprint density at radius 1 is 1.23 bits per heavy atom. The van der Waals surface area contributed by atoms with Crippen LogP contribution < -0.4 is 4.74 Å². The molecule has 0 fully saturated rings. The molecule has 0 unspecified atom stereocenters. The number of halogens is 1. The maximum absolute atomic E-state index is 13.3. The maximum atomic E-state index is 13.3. The van der Waals surface area contributed by atoms with Crippen molar-refractivity contribution in [3.05, 3.63) is 88.5 Å². The van der Waals surface area contributed by atoms with Crippen molar-refractivity contribution in [1.82, 2.24) is 4.98 Å². The van der Waals surface area contributed by atoms with E-state index in [0.717, 1.165) is 42.6 Å². The van der Waals surface area contributed by atoms with Gasteiger partial charge >= 0.3 is 5.97 Å². The van der Waals surface area contributed by atoms with E-state index in [1.807, 2.05) is 13.0 Å². The van der Waals surface area contributed by atoms with Gasteiger partial charge in [0, 0.05) is 12.4 Å². The molecular formula is C25H24FNO3. The Morgan fingerprint density at radius 3 is 2.90 bits per heavy atom. The topological polar surface area (TPSA) is 59.4 Å². The van der Waals surface area contributed by atoms with E-state index in [1.54, 1.807) is 18.3 Å². The summed E-state index contributed by atoms with van der Waals surface area (Å²) < 4.78 is 19.3. The molecular weight excluding hydrogens is 381 g/mol. The van der Waals surface area contributed by atoms with Crippen molar-refractivity contribution in [2.45, 2.75) is 44.9 Å². The summed E-state index contributed by atoms with van der Waals surface area (Å²) in [4.78, 5) is 15.5. The summed E-state index contributed by atoms with van der Waals surface area (Å²) in [5, 5.41) is 9.38. The second kappa shape index (κ2) is 8.66. The predicted octanol–water partition coefficient (Wildman–Crippen LogP) is 6.07. The van der Waals surface area contributed by atoms with Crippen molar-refractivity contribution in [2.24, 2.45) is 0 Å². The molecule has 3 aromatic rings. The van der Waals surface area contributed by atoms with Crippen LogP contribution in [0.5, 0.6) is 11.5 Å². The molecule has 0 amide bonds. The van der Waals surface area contributed by atoms with Crippen LogP contribution in [0, 0.1) is 12.7 Å². The number of nitrogens with zero attached hydrogens (tertiary/aromatic N) is 1. The molecule has 1 aliphatic carbocycles. The molecule has 0 bridgehead atoms. The first-order valence-corrected chi connectivity index (χ1v) is 10.2. The number of aryl methyl sites for hydroxylation is 3. The molecule has 5 heteroatoms. The maximum Gasteiger partial charge on any atom is 0.336 e. The summed E-state index contributed by atoms with van der Waals surface area (Å²) in [6.45, 7) is 1.83. The van der Waals surface area contributed by atoms with Gasteiger partial charge in [-0.3, -0.25) is 4.98 Å².